The van der Waals surface area contributed by atoms with Gasteiger partial charge in [0, 0.05) is 17.9 Å². The minimum atomic E-state index is 0.419. The van der Waals surface area contributed by atoms with Gasteiger partial charge in [-0.15, -0.1) is 0 Å². The average molecular weight is 290 g/mol. The molecule has 0 aromatic rings. The van der Waals surface area contributed by atoms with E-state index >= 15 is 0 Å². The van der Waals surface area contributed by atoms with E-state index in [2.05, 4.69) is 48.5 Å². The molecule has 1 saturated carbocycles. The van der Waals surface area contributed by atoms with Crippen LogP contribution in [0.25, 0.3) is 0 Å². The Labute approximate surface area is 110 Å². The van der Waals surface area contributed by atoms with Crippen LogP contribution in [0.2, 0.25) is 0 Å². The van der Waals surface area contributed by atoms with E-state index in [1.165, 1.54) is 38.8 Å². The minimum absolute atomic E-state index is 0.419. The number of rotatable bonds is 7. The van der Waals surface area contributed by atoms with Gasteiger partial charge in [-0.2, -0.15) is 0 Å². The molecule has 1 aliphatic carbocycles. The molecule has 0 bridgehead atoms. The van der Waals surface area contributed by atoms with Crippen LogP contribution in [0.1, 0.15) is 53.4 Å². The molecule has 0 N–H and O–H groups in total. The van der Waals surface area contributed by atoms with Gasteiger partial charge in [-0.25, -0.2) is 0 Å². The van der Waals surface area contributed by atoms with Crippen molar-refractivity contribution in [3.63, 3.8) is 0 Å². The molecule has 0 heterocycles. The summed E-state index contributed by atoms with van der Waals surface area (Å²) in [6, 6.07) is 0.912. The van der Waals surface area contributed by atoms with E-state index in [1.807, 2.05) is 0 Å². The molecular weight excluding hydrogens is 262 g/mol. The van der Waals surface area contributed by atoms with Crippen molar-refractivity contribution >= 4 is 15.9 Å². The van der Waals surface area contributed by atoms with Crippen molar-refractivity contribution in [2.75, 3.05) is 18.4 Å². The van der Waals surface area contributed by atoms with Crippen molar-refractivity contribution in [3.05, 3.63) is 0 Å². The molecule has 1 rings (SSSR count). The SMILES string of the molecule is CCCCN(CC(CBr)C(C)(C)C)C1CC1. The lowest BCUT2D eigenvalue weighted by Gasteiger charge is -2.34. The van der Waals surface area contributed by atoms with Gasteiger partial charge in [-0.3, -0.25) is 0 Å². The van der Waals surface area contributed by atoms with Gasteiger partial charge in [0.1, 0.15) is 0 Å². The van der Waals surface area contributed by atoms with Crippen LogP contribution in [0, 0.1) is 11.3 Å². The summed E-state index contributed by atoms with van der Waals surface area (Å²) >= 11 is 3.69. The Kier molecular flexibility index (Phi) is 5.79. The molecule has 2 heteroatoms. The van der Waals surface area contributed by atoms with Gasteiger partial charge < -0.3 is 4.90 Å². The number of hydrogen-bond acceptors (Lipinski definition) is 1. The standard InChI is InChI=1S/C14H28BrN/c1-5-6-9-16(13-7-8-13)11-12(10-15)14(2,3)4/h12-13H,5-11H2,1-4H3. The normalized spacial score (nSPS) is 19.1. The molecule has 0 aliphatic heterocycles. The molecule has 0 spiro atoms. The number of nitrogens with zero attached hydrogens (tertiary/aromatic N) is 1. The van der Waals surface area contributed by atoms with E-state index in [9.17, 15) is 0 Å². The quantitative estimate of drug-likeness (QED) is 0.632. The van der Waals surface area contributed by atoms with Gasteiger partial charge in [0.15, 0.2) is 0 Å². The summed E-state index contributed by atoms with van der Waals surface area (Å²) in [7, 11) is 0. The van der Waals surface area contributed by atoms with Crippen LogP contribution >= 0.6 is 15.9 Å². The summed E-state index contributed by atoms with van der Waals surface area (Å²) in [4.78, 5) is 2.74. The number of unbranched alkanes of at least 4 members (excludes halogenated alkanes) is 1. The van der Waals surface area contributed by atoms with E-state index in [0.29, 0.717) is 5.41 Å². The highest BCUT2D eigenvalue weighted by Gasteiger charge is 2.33. The third-order valence-corrected chi connectivity index (χ3v) is 4.51. The zero-order chi connectivity index (χ0) is 12.2. The maximum atomic E-state index is 3.69. The predicted molar refractivity (Wildman–Crippen MR) is 76.2 cm³/mol. The minimum Gasteiger partial charge on any atom is -0.300 e. The smallest absolute Gasteiger partial charge is 0.00965 e. The molecule has 1 fully saturated rings. The fraction of sp³-hybridized carbons (Fsp3) is 1.00. The first-order valence-corrected chi connectivity index (χ1v) is 7.91. The Balaban J connectivity index is 2.45. The summed E-state index contributed by atoms with van der Waals surface area (Å²) in [5, 5.41) is 1.13. The van der Waals surface area contributed by atoms with Crippen LogP contribution in [0.4, 0.5) is 0 Å². The Morgan fingerprint density at radius 2 is 1.94 bits per heavy atom. The first-order valence-electron chi connectivity index (χ1n) is 6.79. The highest BCUT2D eigenvalue weighted by Crippen LogP contribution is 2.33. The number of alkyl halides is 1. The van der Waals surface area contributed by atoms with Crippen molar-refractivity contribution < 1.29 is 0 Å². The highest BCUT2D eigenvalue weighted by atomic mass is 79.9. The fourth-order valence-electron chi connectivity index (χ4n) is 2.06. The van der Waals surface area contributed by atoms with E-state index in [0.717, 1.165) is 17.3 Å². The molecule has 96 valence electrons. The van der Waals surface area contributed by atoms with Crippen molar-refractivity contribution in [3.8, 4) is 0 Å². The van der Waals surface area contributed by atoms with Crippen LogP contribution in [0.15, 0.2) is 0 Å². The lowest BCUT2D eigenvalue weighted by Crippen LogP contribution is -2.38. The van der Waals surface area contributed by atoms with Crippen LogP contribution in [0.3, 0.4) is 0 Å². The lowest BCUT2D eigenvalue weighted by molar-refractivity contribution is 0.157. The first kappa shape index (κ1) is 14.5. The van der Waals surface area contributed by atoms with Crippen molar-refractivity contribution in [2.24, 2.45) is 11.3 Å². The summed E-state index contributed by atoms with van der Waals surface area (Å²) in [5.74, 6) is 0.768. The molecule has 1 nitrogen and oxygen atoms in total. The second-order valence-corrected chi connectivity index (χ2v) is 6.94. The molecule has 1 atom stereocenters. The summed E-state index contributed by atoms with van der Waals surface area (Å²) in [5.41, 5.74) is 0.419. The number of hydrogen-bond donors (Lipinski definition) is 0. The Bertz CT molecular complexity index is 193. The van der Waals surface area contributed by atoms with Crippen molar-refractivity contribution in [1.29, 1.82) is 0 Å². The summed E-state index contributed by atoms with van der Waals surface area (Å²) < 4.78 is 0. The predicted octanol–water partition coefficient (Wildman–Crippen LogP) is 4.31. The van der Waals surface area contributed by atoms with E-state index in [-0.39, 0.29) is 0 Å². The maximum absolute atomic E-state index is 3.69. The molecule has 0 saturated heterocycles. The first-order chi connectivity index (χ1) is 7.49. The van der Waals surface area contributed by atoms with Gasteiger partial charge in [-0.05, 0) is 37.1 Å². The molecule has 1 aliphatic rings. The van der Waals surface area contributed by atoms with Gasteiger partial charge in [0.25, 0.3) is 0 Å². The second-order valence-electron chi connectivity index (χ2n) is 6.30. The van der Waals surface area contributed by atoms with Crippen molar-refractivity contribution in [1.82, 2.24) is 4.90 Å². The fourth-order valence-corrected chi connectivity index (χ4v) is 3.24. The van der Waals surface area contributed by atoms with Crippen LogP contribution < -0.4 is 0 Å². The van der Waals surface area contributed by atoms with E-state index < -0.39 is 0 Å². The zero-order valence-electron chi connectivity index (χ0n) is 11.4. The average Bonchev–Trinajstić information content (AvgIpc) is 3.00. The Morgan fingerprint density at radius 1 is 1.31 bits per heavy atom. The maximum Gasteiger partial charge on any atom is 0.00965 e. The van der Waals surface area contributed by atoms with Crippen LogP contribution in [-0.2, 0) is 0 Å². The summed E-state index contributed by atoms with van der Waals surface area (Å²) in [6.45, 7) is 12.0. The number of halogens is 1. The Morgan fingerprint density at radius 3 is 2.31 bits per heavy atom. The monoisotopic (exact) mass is 289 g/mol. The molecule has 0 aromatic carbocycles. The molecule has 0 aromatic heterocycles. The third kappa shape index (κ3) is 4.75. The topological polar surface area (TPSA) is 3.24 Å². The van der Waals surface area contributed by atoms with E-state index in [4.69, 9.17) is 0 Å². The molecule has 0 amide bonds. The lowest BCUT2D eigenvalue weighted by atomic mass is 9.81. The van der Waals surface area contributed by atoms with Gasteiger partial charge in [0.2, 0.25) is 0 Å². The highest BCUT2D eigenvalue weighted by molar-refractivity contribution is 9.09. The molecular formula is C14H28BrN. The summed E-state index contributed by atoms with van der Waals surface area (Å²) in [6.07, 6.45) is 5.54. The van der Waals surface area contributed by atoms with E-state index in [1.54, 1.807) is 0 Å². The van der Waals surface area contributed by atoms with Crippen LogP contribution in [0.5, 0.6) is 0 Å². The second kappa shape index (κ2) is 6.39. The molecule has 16 heavy (non-hydrogen) atoms. The molecule has 0 radical (unpaired) electrons. The van der Waals surface area contributed by atoms with Crippen LogP contribution in [-0.4, -0.2) is 29.4 Å². The zero-order valence-corrected chi connectivity index (χ0v) is 13.0. The third-order valence-electron chi connectivity index (χ3n) is 3.73. The van der Waals surface area contributed by atoms with Gasteiger partial charge in [-0.1, -0.05) is 50.0 Å². The van der Waals surface area contributed by atoms with Crippen molar-refractivity contribution in [2.45, 2.75) is 59.4 Å². The van der Waals surface area contributed by atoms with Gasteiger partial charge >= 0.3 is 0 Å². The van der Waals surface area contributed by atoms with Gasteiger partial charge in [0.05, 0.1) is 0 Å². The molecule has 1 unspecified atom stereocenters. The Hall–Kier alpha value is 0.440. The largest absolute Gasteiger partial charge is 0.300 e.